The number of carboxylic acid groups (broad SMARTS) is 1. The molecule has 1 aromatic rings. The number of carbonyl (C=O) groups is 2. The number of halogens is 1. The fraction of sp³-hybridized carbons (Fsp3) is 0.677. The number of aliphatic hydroxyl groups excluding tert-OH is 1. The number of H-pyrrole nitrogens is 1. The molecule has 7 atom stereocenters. The van der Waals surface area contributed by atoms with Gasteiger partial charge in [0.05, 0.1) is 25.2 Å². The van der Waals surface area contributed by atoms with Crippen molar-refractivity contribution in [2.45, 2.75) is 70.7 Å². The summed E-state index contributed by atoms with van der Waals surface area (Å²) >= 11 is 0. The second-order valence-corrected chi connectivity index (χ2v) is 10.8. The van der Waals surface area contributed by atoms with Crippen LogP contribution in [0.15, 0.2) is 42.1 Å². The van der Waals surface area contributed by atoms with Crippen LogP contribution in [0.4, 0.5) is 4.53 Å². The maximum Gasteiger partial charge on any atom is 0.352 e. The summed E-state index contributed by atoms with van der Waals surface area (Å²) < 4.78 is 31.7. The summed E-state index contributed by atoms with van der Waals surface area (Å²) in [4.78, 5) is 28.4. The quantitative estimate of drug-likeness (QED) is 0.287. The molecule has 0 aromatic carbocycles. The van der Waals surface area contributed by atoms with Crippen molar-refractivity contribution in [3.8, 4) is 0 Å². The van der Waals surface area contributed by atoms with Gasteiger partial charge in [0.25, 0.3) is 0 Å². The average Bonchev–Trinajstić information content (AvgIpc) is 3.66. The van der Waals surface area contributed by atoms with E-state index in [0.717, 1.165) is 12.8 Å². The van der Waals surface area contributed by atoms with Crippen molar-refractivity contribution in [2.75, 3.05) is 41.7 Å². The lowest BCUT2D eigenvalue weighted by Gasteiger charge is -2.30. The third-order valence-electron chi connectivity index (χ3n) is 7.51. The summed E-state index contributed by atoms with van der Waals surface area (Å²) in [6.45, 7) is 5.41. The third kappa shape index (κ3) is 13.6. The van der Waals surface area contributed by atoms with Crippen molar-refractivity contribution in [3.05, 3.63) is 47.8 Å². The minimum absolute atomic E-state index is 0.0181. The number of nitrogens with one attached hydrogen (secondary N) is 1. The predicted molar refractivity (Wildman–Crippen MR) is 157 cm³/mol. The van der Waals surface area contributed by atoms with E-state index < -0.39 is 5.97 Å². The summed E-state index contributed by atoms with van der Waals surface area (Å²) in [5.74, 6) is 0.0730. The molecule has 240 valence electrons. The maximum absolute atomic E-state index is 12.0. The lowest BCUT2D eigenvalue weighted by atomic mass is 9.85. The molecule has 2 heterocycles. The van der Waals surface area contributed by atoms with Crippen molar-refractivity contribution >= 4 is 11.9 Å². The molecule has 11 heteroatoms. The Bertz CT molecular complexity index is 937. The first-order valence-corrected chi connectivity index (χ1v) is 14.4. The Kier molecular flexibility index (Phi) is 18.9. The van der Waals surface area contributed by atoms with Crippen LogP contribution in [0, 0.1) is 23.7 Å². The van der Waals surface area contributed by atoms with Gasteiger partial charge < -0.3 is 34.1 Å². The smallest absolute Gasteiger partial charge is 0.352 e. The Labute approximate surface area is 249 Å². The van der Waals surface area contributed by atoms with Gasteiger partial charge in [0, 0.05) is 59.5 Å². The molecule has 0 radical (unpaired) electrons. The Morgan fingerprint density at radius 1 is 1.19 bits per heavy atom. The SMILES string of the molecule is COC.COCC[C@H]1OC(=O)C[C@H]2C=CC[C@H]2/C(C)=C/[C@H]1C.COC[C@H]1C[C@H](OF)CC[C@@H]1O.O=C(O)c1ccc[nH]1. The average molecular weight is 600 g/mol. The van der Waals surface area contributed by atoms with Gasteiger partial charge in [-0.2, -0.15) is 4.94 Å². The predicted octanol–water partition coefficient (Wildman–Crippen LogP) is 5.15. The van der Waals surface area contributed by atoms with E-state index in [1.54, 1.807) is 40.7 Å². The van der Waals surface area contributed by atoms with Gasteiger partial charge in [-0.05, 0) is 61.1 Å². The van der Waals surface area contributed by atoms with E-state index in [2.05, 4.69) is 46.7 Å². The van der Waals surface area contributed by atoms with Gasteiger partial charge in [0.1, 0.15) is 11.8 Å². The van der Waals surface area contributed by atoms with E-state index in [9.17, 15) is 19.2 Å². The number of ether oxygens (including phenoxy) is 4. The normalized spacial score (nSPS) is 29.7. The van der Waals surface area contributed by atoms with Gasteiger partial charge >= 0.3 is 11.9 Å². The number of carboxylic acids is 1. The molecule has 42 heavy (non-hydrogen) atoms. The number of aromatic nitrogens is 1. The second kappa shape index (κ2) is 21.2. The van der Waals surface area contributed by atoms with Crippen LogP contribution in [0.5, 0.6) is 0 Å². The highest BCUT2D eigenvalue weighted by Gasteiger charge is 2.32. The lowest BCUT2D eigenvalue weighted by Crippen LogP contribution is -2.34. The molecule has 1 fully saturated rings. The molecule has 1 aromatic heterocycles. The monoisotopic (exact) mass is 599 g/mol. The van der Waals surface area contributed by atoms with Crippen LogP contribution in [0.2, 0.25) is 0 Å². The number of rotatable bonds is 7. The van der Waals surface area contributed by atoms with E-state index in [4.69, 9.17) is 19.3 Å². The van der Waals surface area contributed by atoms with E-state index in [1.807, 2.05) is 0 Å². The topological polar surface area (TPSA) is 137 Å². The van der Waals surface area contributed by atoms with Crippen molar-refractivity contribution in [1.82, 2.24) is 4.98 Å². The number of hydrogen-bond donors (Lipinski definition) is 3. The van der Waals surface area contributed by atoms with Gasteiger partial charge in [-0.3, -0.25) is 4.79 Å². The molecule has 3 N–H and O–H groups in total. The van der Waals surface area contributed by atoms with Crippen LogP contribution in [0.3, 0.4) is 0 Å². The Balaban J connectivity index is 0.000000327. The van der Waals surface area contributed by atoms with Crippen molar-refractivity contribution in [2.24, 2.45) is 23.7 Å². The standard InChI is InChI=1S/C16H24O3.C8H15FO3.C5H5NO2.C2H6O/c1-11-9-12(2)15(7-8-18-3)19-16(17)10-13-5-4-6-14(11)13;1-11-5-6-4-7(12-9)2-3-8(6)10;7-5(8)4-2-1-3-6-4;1-3-2/h4-5,9,12-15H,6-8,10H2,1-3H3;6-8,10H,2-5H2,1H3;1-3,6H,(H,7,8);1-2H3/b11-9+;;;/t12-,13-,14+,15-;6-,7-,8+;;/m11../s1. The molecule has 1 saturated carbocycles. The Hall–Kier alpha value is -2.57. The number of esters is 1. The number of allylic oxidation sites excluding steroid dienone is 3. The Morgan fingerprint density at radius 2 is 1.90 bits per heavy atom. The highest BCUT2D eigenvalue weighted by Crippen LogP contribution is 2.36. The number of methoxy groups -OCH3 is 3. The molecule has 0 amide bonds. The number of hydrogen-bond acceptors (Lipinski definition) is 8. The summed E-state index contributed by atoms with van der Waals surface area (Å²) in [5, 5.41) is 17.7. The molecule has 2 aliphatic carbocycles. The van der Waals surface area contributed by atoms with E-state index >= 15 is 0 Å². The van der Waals surface area contributed by atoms with Crippen LogP contribution < -0.4 is 0 Å². The van der Waals surface area contributed by atoms with Gasteiger partial charge in [0.15, 0.2) is 0 Å². The van der Waals surface area contributed by atoms with Gasteiger partial charge in [-0.1, -0.05) is 30.7 Å². The molecule has 0 saturated heterocycles. The van der Waals surface area contributed by atoms with E-state index in [0.29, 0.717) is 50.7 Å². The molecule has 0 bridgehead atoms. The number of fused-ring (bicyclic) bond motifs is 1. The largest absolute Gasteiger partial charge is 0.477 e. The van der Waals surface area contributed by atoms with Crippen molar-refractivity contribution < 1.29 is 48.2 Å². The van der Waals surface area contributed by atoms with Gasteiger partial charge in [0.2, 0.25) is 0 Å². The summed E-state index contributed by atoms with van der Waals surface area (Å²) in [5.41, 5.74) is 1.62. The molecular weight excluding hydrogens is 549 g/mol. The number of aromatic carboxylic acids is 1. The lowest BCUT2D eigenvalue weighted by molar-refractivity contribution is -0.201. The fourth-order valence-electron chi connectivity index (χ4n) is 5.30. The highest BCUT2D eigenvalue weighted by atomic mass is 19.3. The fourth-order valence-corrected chi connectivity index (χ4v) is 5.30. The maximum atomic E-state index is 12.0. The van der Waals surface area contributed by atoms with Crippen LogP contribution in [0.25, 0.3) is 0 Å². The highest BCUT2D eigenvalue weighted by molar-refractivity contribution is 5.85. The van der Waals surface area contributed by atoms with Gasteiger partial charge in [-0.25, -0.2) is 4.79 Å². The second-order valence-electron chi connectivity index (χ2n) is 10.8. The van der Waals surface area contributed by atoms with Crippen LogP contribution in [0.1, 0.15) is 62.9 Å². The molecule has 1 aliphatic heterocycles. The zero-order valence-corrected chi connectivity index (χ0v) is 25.8. The van der Waals surface area contributed by atoms with Crippen molar-refractivity contribution in [1.29, 1.82) is 0 Å². The number of cyclic esters (lactones) is 1. The minimum atomic E-state index is -0.921. The minimum Gasteiger partial charge on any atom is -0.477 e. The number of carbonyl (C=O) groups excluding carboxylic acids is 1. The zero-order valence-electron chi connectivity index (χ0n) is 25.8. The first kappa shape index (κ1) is 37.5. The third-order valence-corrected chi connectivity index (χ3v) is 7.51. The molecule has 10 nitrogen and oxygen atoms in total. The van der Waals surface area contributed by atoms with Crippen LogP contribution >= 0.6 is 0 Å². The summed E-state index contributed by atoms with van der Waals surface area (Å²) in [7, 11) is 6.50. The van der Waals surface area contributed by atoms with E-state index in [-0.39, 0.29) is 41.8 Å². The van der Waals surface area contributed by atoms with Gasteiger partial charge in [-0.15, -0.1) is 0 Å². The van der Waals surface area contributed by atoms with E-state index in [1.165, 1.54) is 11.6 Å². The zero-order chi connectivity index (χ0) is 31.5. The first-order valence-electron chi connectivity index (χ1n) is 14.4. The molecule has 0 spiro atoms. The molecule has 0 unspecified atom stereocenters. The van der Waals surface area contributed by atoms with Crippen LogP contribution in [-0.4, -0.2) is 87.1 Å². The number of aliphatic hydroxyl groups is 1. The summed E-state index contributed by atoms with van der Waals surface area (Å²) in [6, 6.07) is 3.14. The van der Waals surface area contributed by atoms with Crippen LogP contribution in [-0.2, 0) is 28.7 Å². The first-order chi connectivity index (χ1) is 20.1. The molecule has 4 rings (SSSR count). The Morgan fingerprint density at radius 3 is 2.45 bits per heavy atom. The molecule has 3 aliphatic rings. The van der Waals surface area contributed by atoms with Crippen molar-refractivity contribution in [3.63, 3.8) is 0 Å². The molecular formula is C31H50FNO9. The summed E-state index contributed by atoms with van der Waals surface area (Å²) in [6.07, 6.45) is 11.5. The number of aromatic amines is 1.